The molecule has 17 heavy (non-hydrogen) atoms. The molecule has 1 aliphatic rings. The van der Waals surface area contributed by atoms with Crippen molar-refractivity contribution in [2.45, 2.75) is 19.4 Å². The number of ether oxygens (including phenoxy) is 1. The van der Waals surface area contributed by atoms with Crippen LogP contribution in [0, 0.1) is 5.92 Å². The monoisotopic (exact) mass is 254 g/mol. The third kappa shape index (κ3) is 3.95. The molecule has 1 aromatic rings. The number of aromatic nitrogens is 1. The van der Waals surface area contributed by atoms with E-state index in [0.717, 1.165) is 19.7 Å². The van der Waals surface area contributed by atoms with Crippen LogP contribution in [0.4, 0.5) is 0 Å². The average Bonchev–Trinajstić information content (AvgIpc) is 2.33. The fourth-order valence-electron chi connectivity index (χ4n) is 2.42. The van der Waals surface area contributed by atoms with Gasteiger partial charge in [0.15, 0.2) is 0 Å². The summed E-state index contributed by atoms with van der Waals surface area (Å²) in [4.78, 5) is 6.58. The molecule has 3 nitrogen and oxygen atoms in total. The largest absolute Gasteiger partial charge is 0.384 e. The van der Waals surface area contributed by atoms with E-state index in [1.54, 1.807) is 7.11 Å². The predicted octanol–water partition coefficient (Wildman–Crippen LogP) is 2.59. The predicted molar refractivity (Wildman–Crippen MR) is 69.1 cm³/mol. The van der Waals surface area contributed by atoms with Crippen LogP contribution in [0.25, 0.3) is 0 Å². The Bertz CT molecular complexity index is 340. The van der Waals surface area contributed by atoms with E-state index in [-0.39, 0.29) is 0 Å². The van der Waals surface area contributed by atoms with Crippen molar-refractivity contribution in [1.82, 2.24) is 9.88 Å². The fraction of sp³-hybridized carbons (Fsp3) is 0.615. The first-order valence-electron chi connectivity index (χ1n) is 6.09. The minimum atomic E-state index is 0.560. The van der Waals surface area contributed by atoms with Crippen molar-refractivity contribution in [3.63, 3.8) is 0 Å². The summed E-state index contributed by atoms with van der Waals surface area (Å²) in [6, 6.07) is 3.91. The number of halogens is 1. The zero-order chi connectivity index (χ0) is 12.1. The van der Waals surface area contributed by atoms with E-state index in [2.05, 4.69) is 16.0 Å². The Balaban J connectivity index is 1.87. The zero-order valence-electron chi connectivity index (χ0n) is 10.2. The second-order valence-corrected chi connectivity index (χ2v) is 5.08. The van der Waals surface area contributed by atoms with Gasteiger partial charge in [0.25, 0.3) is 0 Å². The van der Waals surface area contributed by atoms with Crippen molar-refractivity contribution in [3.8, 4) is 0 Å². The lowest BCUT2D eigenvalue weighted by Gasteiger charge is -2.32. The molecule has 0 bridgehead atoms. The lowest BCUT2D eigenvalue weighted by molar-refractivity contribution is 0.0873. The maximum atomic E-state index is 5.78. The molecule has 0 aromatic carbocycles. The molecule has 94 valence electrons. The molecule has 1 aliphatic heterocycles. The van der Waals surface area contributed by atoms with Gasteiger partial charge in [0, 0.05) is 26.4 Å². The molecular weight excluding hydrogens is 236 g/mol. The van der Waals surface area contributed by atoms with Gasteiger partial charge in [0.05, 0.1) is 6.61 Å². The molecule has 0 N–H and O–H groups in total. The van der Waals surface area contributed by atoms with Crippen molar-refractivity contribution in [2.75, 3.05) is 26.8 Å². The lowest BCUT2D eigenvalue weighted by atomic mass is 9.98. The molecule has 2 rings (SSSR count). The van der Waals surface area contributed by atoms with E-state index in [1.807, 2.05) is 12.3 Å². The van der Waals surface area contributed by atoms with Crippen LogP contribution in [0.15, 0.2) is 18.3 Å². The van der Waals surface area contributed by atoms with Crippen molar-refractivity contribution in [2.24, 2.45) is 5.92 Å². The van der Waals surface area contributed by atoms with Crippen molar-refractivity contribution in [1.29, 1.82) is 0 Å². The first-order chi connectivity index (χ1) is 8.28. The van der Waals surface area contributed by atoms with E-state index in [1.165, 1.54) is 24.9 Å². The summed E-state index contributed by atoms with van der Waals surface area (Å²) in [5, 5.41) is 0.560. The molecular formula is C13H19ClN2O. The number of hydrogen-bond donors (Lipinski definition) is 0. The van der Waals surface area contributed by atoms with Gasteiger partial charge in [-0.3, -0.25) is 4.90 Å². The van der Waals surface area contributed by atoms with Gasteiger partial charge >= 0.3 is 0 Å². The molecule has 0 spiro atoms. The molecule has 1 aromatic heterocycles. The average molecular weight is 255 g/mol. The molecule has 1 saturated heterocycles. The molecule has 2 heterocycles. The van der Waals surface area contributed by atoms with Crippen LogP contribution in [0.2, 0.25) is 5.15 Å². The SMILES string of the molecule is COC[C@H]1CCCN(Cc2ccc(Cl)nc2)C1. The summed E-state index contributed by atoms with van der Waals surface area (Å²) in [7, 11) is 1.78. The number of rotatable bonds is 4. The quantitative estimate of drug-likeness (QED) is 0.773. The van der Waals surface area contributed by atoms with Gasteiger partial charge in [-0.2, -0.15) is 0 Å². The Morgan fingerprint density at radius 1 is 1.53 bits per heavy atom. The van der Waals surface area contributed by atoms with Crippen LogP contribution in [0.3, 0.4) is 0 Å². The molecule has 1 fully saturated rings. The third-order valence-electron chi connectivity index (χ3n) is 3.20. The van der Waals surface area contributed by atoms with E-state index in [9.17, 15) is 0 Å². The lowest BCUT2D eigenvalue weighted by Crippen LogP contribution is -2.36. The number of nitrogens with zero attached hydrogens (tertiary/aromatic N) is 2. The smallest absolute Gasteiger partial charge is 0.129 e. The van der Waals surface area contributed by atoms with Crippen molar-refractivity contribution in [3.05, 3.63) is 29.0 Å². The minimum absolute atomic E-state index is 0.560. The molecule has 0 unspecified atom stereocenters. The first-order valence-corrected chi connectivity index (χ1v) is 6.47. The van der Waals surface area contributed by atoms with Crippen molar-refractivity contribution < 1.29 is 4.74 Å². The highest BCUT2D eigenvalue weighted by Crippen LogP contribution is 2.18. The Morgan fingerprint density at radius 2 is 2.41 bits per heavy atom. The van der Waals surface area contributed by atoms with Gasteiger partial charge in [-0.25, -0.2) is 4.98 Å². The summed E-state index contributed by atoms with van der Waals surface area (Å²) in [6.45, 7) is 4.12. The van der Waals surface area contributed by atoms with Crippen LogP contribution in [0.5, 0.6) is 0 Å². The van der Waals surface area contributed by atoms with Crippen LogP contribution in [-0.4, -0.2) is 36.7 Å². The number of pyridine rings is 1. The highest BCUT2D eigenvalue weighted by molar-refractivity contribution is 6.29. The summed E-state index contributed by atoms with van der Waals surface area (Å²) < 4.78 is 5.24. The van der Waals surface area contributed by atoms with Gasteiger partial charge < -0.3 is 4.74 Å². The Hall–Kier alpha value is -0.640. The van der Waals surface area contributed by atoms with E-state index < -0.39 is 0 Å². The van der Waals surface area contributed by atoms with Crippen molar-refractivity contribution >= 4 is 11.6 Å². The van der Waals surface area contributed by atoms with Gasteiger partial charge in [-0.05, 0) is 36.9 Å². The van der Waals surface area contributed by atoms with Gasteiger partial charge in [-0.15, -0.1) is 0 Å². The zero-order valence-corrected chi connectivity index (χ0v) is 11.0. The summed E-state index contributed by atoms with van der Waals surface area (Å²) in [6.07, 6.45) is 4.40. The summed E-state index contributed by atoms with van der Waals surface area (Å²) in [5.41, 5.74) is 1.23. The number of likely N-dealkylation sites (tertiary alicyclic amines) is 1. The Kier molecular flexibility index (Phi) is 4.77. The molecule has 4 heteroatoms. The topological polar surface area (TPSA) is 25.4 Å². The summed E-state index contributed by atoms with van der Waals surface area (Å²) in [5.74, 6) is 0.675. The highest BCUT2D eigenvalue weighted by Gasteiger charge is 2.19. The maximum absolute atomic E-state index is 5.78. The molecule has 0 radical (unpaired) electrons. The van der Waals surface area contributed by atoms with E-state index in [4.69, 9.17) is 16.3 Å². The van der Waals surface area contributed by atoms with Gasteiger partial charge in [0.2, 0.25) is 0 Å². The second kappa shape index (κ2) is 6.34. The van der Waals surface area contributed by atoms with Crippen LogP contribution >= 0.6 is 11.6 Å². The Morgan fingerprint density at radius 3 is 3.12 bits per heavy atom. The standard InChI is InChI=1S/C13H19ClN2O/c1-17-10-12-3-2-6-16(9-12)8-11-4-5-13(14)15-7-11/h4-5,7,12H,2-3,6,8-10H2,1H3/t12-/m0/s1. The molecule has 0 amide bonds. The fourth-order valence-corrected chi connectivity index (χ4v) is 2.54. The van der Waals surface area contributed by atoms with E-state index in [0.29, 0.717) is 11.1 Å². The highest BCUT2D eigenvalue weighted by atomic mass is 35.5. The molecule has 1 atom stereocenters. The maximum Gasteiger partial charge on any atom is 0.129 e. The Labute approximate surface area is 108 Å². The summed E-state index contributed by atoms with van der Waals surface area (Å²) >= 11 is 5.78. The normalized spacial score (nSPS) is 21.6. The first kappa shape index (κ1) is 12.8. The van der Waals surface area contributed by atoms with Crippen LogP contribution < -0.4 is 0 Å². The second-order valence-electron chi connectivity index (χ2n) is 4.69. The number of piperidine rings is 1. The number of hydrogen-bond acceptors (Lipinski definition) is 3. The van der Waals surface area contributed by atoms with Crippen LogP contribution in [-0.2, 0) is 11.3 Å². The van der Waals surface area contributed by atoms with E-state index >= 15 is 0 Å². The minimum Gasteiger partial charge on any atom is -0.384 e. The number of methoxy groups -OCH3 is 1. The van der Waals surface area contributed by atoms with Gasteiger partial charge in [0.1, 0.15) is 5.15 Å². The van der Waals surface area contributed by atoms with Gasteiger partial charge in [-0.1, -0.05) is 17.7 Å². The van der Waals surface area contributed by atoms with Crippen LogP contribution in [0.1, 0.15) is 18.4 Å². The molecule has 0 aliphatic carbocycles. The third-order valence-corrected chi connectivity index (χ3v) is 3.42. The molecule has 0 saturated carbocycles.